The molecule has 3 rings (SSSR count). The van der Waals surface area contributed by atoms with Gasteiger partial charge in [0.2, 0.25) is 0 Å². The lowest BCUT2D eigenvalue weighted by Crippen LogP contribution is -2.20. The molecule has 0 bridgehead atoms. The Morgan fingerprint density at radius 1 is 1.05 bits per heavy atom. The van der Waals surface area contributed by atoms with Crippen LogP contribution in [0.4, 0.5) is 10.5 Å². The largest absolute Gasteiger partial charge is 0.351 e. The zero-order chi connectivity index (χ0) is 13.4. The molecule has 0 spiro atoms. The van der Waals surface area contributed by atoms with Gasteiger partial charge in [-0.15, -0.1) is 11.3 Å². The van der Waals surface area contributed by atoms with Crippen molar-refractivity contribution in [1.29, 1.82) is 0 Å². The highest BCUT2D eigenvalue weighted by Crippen LogP contribution is 2.28. The molecule has 1 aromatic heterocycles. The summed E-state index contributed by atoms with van der Waals surface area (Å²) in [5.41, 5.74) is 5.50. The number of hydrogen-bond acceptors (Lipinski definition) is 3. The average molecular weight is 270 g/mol. The molecule has 0 unspecified atom stereocenters. The van der Waals surface area contributed by atoms with Crippen LogP contribution < -0.4 is 16.5 Å². The van der Waals surface area contributed by atoms with Crippen LogP contribution in [0, 0.1) is 0 Å². The van der Waals surface area contributed by atoms with Gasteiger partial charge in [0.15, 0.2) is 5.43 Å². The van der Waals surface area contributed by atoms with Gasteiger partial charge in [0.25, 0.3) is 0 Å². The fraction of sp³-hybridized carbons (Fsp3) is 0. The molecule has 3 aromatic rings. The molecule has 2 amide bonds. The first-order valence-electron chi connectivity index (χ1n) is 5.68. The molecule has 19 heavy (non-hydrogen) atoms. The van der Waals surface area contributed by atoms with Crippen LogP contribution in [0.1, 0.15) is 0 Å². The summed E-state index contributed by atoms with van der Waals surface area (Å²) >= 11 is 1.51. The van der Waals surface area contributed by atoms with E-state index in [9.17, 15) is 9.59 Å². The highest BCUT2D eigenvalue weighted by Gasteiger charge is 2.10. The number of anilines is 1. The van der Waals surface area contributed by atoms with Crippen LogP contribution in [0.15, 0.2) is 47.3 Å². The van der Waals surface area contributed by atoms with E-state index < -0.39 is 6.03 Å². The van der Waals surface area contributed by atoms with E-state index >= 15 is 0 Å². The van der Waals surface area contributed by atoms with Gasteiger partial charge in [-0.3, -0.25) is 4.79 Å². The van der Waals surface area contributed by atoms with Crippen LogP contribution in [0.3, 0.4) is 0 Å². The van der Waals surface area contributed by atoms with E-state index in [1.165, 1.54) is 11.3 Å². The maximum atomic E-state index is 12.5. The van der Waals surface area contributed by atoms with E-state index in [0.29, 0.717) is 16.5 Å². The standard InChI is InChI=1S/C14H10N2O2S/c15-14(18)16-9-5-3-7-11-12(9)13(17)8-4-1-2-6-10(8)19-11/h1-7H,(H3,15,16,18). The Morgan fingerprint density at radius 3 is 2.58 bits per heavy atom. The molecule has 0 fully saturated rings. The van der Waals surface area contributed by atoms with Gasteiger partial charge in [-0.1, -0.05) is 18.2 Å². The number of nitrogens with one attached hydrogen (secondary N) is 1. The van der Waals surface area contributed by atoms with Crippen LogP contribution in [0.25, 0.3) is 20.2 Å². The molecule has 1 heterocycles. The monoisotopic (exact) mass is 270 g/mol. The van der Waals surface area contributed by atoms with Crippen molar-refractivity contribution in [2.75, 3.05) is 5.32 Å². The number of amides is 2. The van der Waals surface area contributed by atoms with Crippen LogP contribution in [-0.4, -0.2) is 6.03 Å². The molecule has 5 heteroatoms. The van der Waals surface area contributed by atoms with Crippen molar-refractivity contribution in [3.63, 3.8) is 0 Å². The maximum absolute atomic E-state index is 12.5. The van der Waals surface area contributed by atoms with Gasteiger partial charge in [-0.2, -0.15) is 0 Å². The van der Waals surface area contributed by atoms with Crippen LogP contribution in [0.2, 0.25) is 0 Å². The normalized spacial score (nSPS) is 10.7. The fourth-order valence-corrected chi connectivity index (χ4v) is 3.19. The van der Waals surface area contributed by atoms with E-state index in [1.807, 2.05) is 24.3 Å². The van der Waals surface area contributed by atoms with Crippen LogP contribution >= 0.6 is 11.3 Å². The molecule has 2 aromatic carbocycles. The summed E-state index contributed by atoms with van der Waals surface area (Å²) in [7, 11) is 0. The summed E-state index contributed by atoms with van der Waals surface area (Å²) in [6.45, 7) is 0. The van der Waals surface area contributed by atoms with E-state index in [1.54, 1.807) is 18.2 Å². The van der Waals surface area contributed by atoms with Crippen LogP contribution in [0.5, 0.6) is 0 Å². The lowest BCUT2D eigenvalue weighted by molar-refractivity contribution is 0.259. The maximum Gasteiger partial charge on any atom is 0.316 e. The molecular weight excluding hydrogens is 260 g/mol. The quantitative estimate of drug-likeness (QED) is 0.667. The first-order chi connectivity index (χ1) is 9.16. The van der Waals surface area contributed by atoms with E-state index in [4.69, 9.17) is 5.73 Å². The molecular formula is C14H10N2O2S. The van der Waals surface area contributed by atoms with Gasteiger partial charge in [0, 0.05) is 14.8 Å². The summed E-state index contributed by atoms with van der Waals surface area (Å²) in [4.78, 5) is 23.5. The number of nitrogens with two attached hydrogens (primary N) is 1. The first-order valence-corrected chi connectivity index (χ1v) is 6.49. The third kappa shape index (κ3) is 1.94. The minimum absolute atomic E-state index is 0.0892. The molecule has 0 aliphatic carbocycles. The lowest BCUT2D eigenvalue weighted by atomic mass is 10.1. The molecule has 3 N–H and O–H groups in total. The van der Waals surface area contributed by atoms with Crippen molar-refractivity contribution >= 4 is 43.2 Å². The zero-order valence-electron chi connectivity index (χ0n) is 9.84. The van der Waals surface area contributed by atoms with E-state index in [0.717, 1.165) is 9.40 Å². The summed E-state index contributed by atoms with van der Waals surface area (Å²) in [5.74, 6) is 0. The molecule has 0 atom stereocenters. The highest BCUT2D eigenvalue weighted by molar-refractivity contribution is 7.24. The van der Waals surface area contributed by atoms with Crippen molar-refractivity contribution in [2.24, 2.45) is 5.73 Å². The van der Waals surface area contributed by atoms with Gasteiger partial charge >= 0.3 is 6.03 Å². The Morgan fingerprint density at radius 2 is 1.79 bits per heavy atom. The Bertz CT molecular complexity index is 855. The Labute approximate surface area is 112 Å². The highest BCUT2D eigenvalue weighted by atomic mass is 32.1. The Kier molecular flexibility index (Phi) is 2.68. The zero-order valence-corrected chi connectivity index (χ0v) is 10.7. The van der Waals surface area contributed by atoms with Gasteiger partial charge in [0.1, 0.15) is 0 Å². The molecule has 94 valence electrons. The number of primary amides is 1. The topological polar surface area (TPSA) is 72.2 Å². The predicted molar refractivity (Wildman–Crippen MR) is 78.8 cm³/mol. The molecule has 0 aliphatic rings. The minimum atomic E-state index is -0.676. The SMILES string of the molecule is NC(=O)Nc1cccc2sc3ccccc3c(=O)c12. The molecule has 0 radical (unpaired) electrons. The summed E-state index contributed by atoms with van der Waals surface area (Å²) in [6.07, 6.45) is 0. The smallest absolute Gasteiger partial charge is 0.316 e. The number of rotatable bonds is 1. The van der Waals surface area contributed by atoms with Crippen molar-refractivity contribution in [1.82, 2.24) is 0 Å². The molecule has 0 saturated heterocycles. The van der Waals surface area contributed by atoms with E-state index in [-0.39, 0.29) is 5.43 Å². The van der Waals surface area contributed by atoms with Crippen LogP contribution in [-0.2, 0) is 0 Å². The Hall–Kier alpha value is -2.40. The summed E-state index contributed by atoms with van der Waals surface area (Å²) in [6, 6.07) is 12.1. The number of fused-ring (bicyclic) bond motifs is 2. The number of carbonyl (C=O) groups is 1. The minimum Gasteiger partial charge on any atom is -0.351 e. The second-order valence-electron chi connectivity index (χ2n) is 4.10. The van der Waals surface area contributed by atoms with Gasteiger partial charge in [-0.05, 0) is 24.3 Å². The third-order valence-electron chi connectivity index (χ3n) is 2.86. The van der Waals surface area contributed by atoms with Crippen molar-refractivity contribution in [3.05, 3.63) is 52.7 Å². The van der Waals surface area contributed by atoms with Gasteiger partial charge in [-0.25, -0.2) is 4.79 Å². The van der Waals surface area contributed by atoms with Crippen molar-refractivity contribution < 1.29 is 4.79 Å². The van der Waals surface area contributed by atoms with Crippen molar-refractivity contribution in [3.8, 4) is 0 Å². The number of carbonyl (C=O) groups excluding carboxylic acids is 1. The number of hydrogen-bond donors (Lipinski definition) is 2. The molecule has 0 saturated carbocycles. The summed E-state index contributed by atoms with van der Waals surface area (Å²) < 4.78 is 1.76. The predicted octanol–water partition coefficient (Wildman–Crippen LogP) is 2.91. The molecule has 4 nitrogen and oxygen atoms in total. The summed E-state index contributed by atoms with van der Waals surface area (Å²) in [5, 5.41) is 3.66. The lowest BCUT2D eigenvalue weighted by Gasteiger charge is -2.06. The Balaban J connectivity index is 2.45. The van der Waals surface area contributed by atoms with Gasteiger partial charge in [0.05, 0.1) is 11.1 Å². The second kappa shape index (κ2) is 4.37. The molecule has 0 aliphatic heterocycles. The third-order valence-corrected chi connectivity index (χ3v) is 4.00. The van der Waals surface area contributed by atoms with Gasteiger partial charge < -0.3 is 11.1 Å². The first kappa shape index (κ1) is 11.7. The number of urea groups is 1. The number of benzene rings is 2. The van der Waals surface area contributed by atoms with Crippen molar-refractivity contribution in [2.45, 2.75) is 0 Å². The van der Waals surface area contributed by atoms with E-state index in [2.05, 4.69) is 5.32 Å². The second-order valence-corrected chi connectivity index (χ2v) is 5.18. The average Bonchev–Trinajstić information content (AvgIpc) is 2.38. The fourth-order valence-electron chi connectivity index (χ4n) is 2.08.